The number of rotatable bonds is 28. The minimum atomic E-state index is 0. The fraction of sp³-hybridized carbons (Fsp3) is 0.939. The Morgan fingerprint density at radius 1 is 0.429 bits per heavy atom. The maximum atomic E-state index is 4.05. The number of unbranched alkanes of at least 4 members (excludes halogenated alkanes) is 19. The van der Waals surface area contributed by atoms with E-state index in [9.17, 15) is 0 Å². The van der Waals surface area contributed by atoms with E-state index in [0.717, 1.165) is 0 Å². The van der Waals surface area contributed by atoms with Crippen molar-refractivity contribution in [1.82, 2.24) is 5.32 Å². The highest BCUT2D eigenvalue weighted by Crippen LogP contribution is 2.30. The molecule has 0 aromatic heterocycles. The molecule has 0 aliphatic carbocycles. The number of allylic oxidation sites excluding steroid dienone is 1. The molecule has 0 aliphatic rings. The Morgan fingerprint density at radius 3 is 1.11 bits per heavy atom. The molecular formula is C33H68ClN. The van der Waals surface area contributed by atoms with Crippen LogP contribution in [0, 0.1) is 0 Å². The lowest BCUT2D eigenvalue weighted by Crippen LogP contribution is -2.42. The Kier molecular flexibility index (Phi) is 31.8. The van der Waals surface area contributed by atoms with Crippen LogP contribution in [0.15, 0.2) is 12.3 Å². The minimum absolute atomic E-state index is 0. The average molecular weight is 514 g/mol. The summed E-state index contributed by atoms with van der Waals surface area (Å²) in [5, 5.41) is 4.05. The van der Waals surface area contributed by atoms with Crippen LogP contribution < -0.4 is 5.32 Å². The van der Waals surface area contributed by atoms with Crippen molar-refractivity contribution in [1.29, 1.82) is 0 Å². The van der Waals surface area contributed by atoms with Gasteiger partial charge in [-0.3, -0.25) is 0 Å². The summed E-state index contributed by atoms with van der Waals surface area (Å²) in [7, 11) is 0. The molecule has 1 N–H and O–H groups in total. The van der Waals surface area contributed by atoms with Crippen LogP contribution in [0.4, 0.5) is 0 Å². The molecule has 0 atom stereocenters. The normalized spacial score (nSPS) is 11.8. The summed E-state index contributed by atoms with van der Waals surface area (Å²) in [6, 6.07) is 0. The van der Waals surface area contributed by atoms with Crippen LogP contribution in [0.3, 0.4) is 0 Å². The van der Waals surface area contributed by atoms with Gasteiger partial charge in [-0.1, -0.05) is 169 Å². The molecule has 0 spiro atoms. The largest absolute Gasteiger partial charge is 0.386 e. The smallest absolute Gasteiger partial charge is 0.0368 e. The maximum absolute atomic E-state index is 4.05. The Hall–Kier alpha value is -0.170. The molecule has 0 saturated heterocycles. The van der Waals surface area contributed by atoms with Crippen molar-refractivity contribution in [2.75, 3.05) is 0 Å². The molecule has 0 bridgehead atoms. The van der Waals surface area contributed by atoms with E-state index in [1.807, 2.05) is 0 Å². The van der Waals surface area contributed by atoms with Crippen molar-refractivity contribution >= 4 is 12.4 Å². The van der Waals surface area contributed by atoms with E-state index in [4.69, 9.17) is 0 Å². The summed E-state index contributed by atoms with van der Waals surface area (Å²) in [5.74, 6) is 0. The Labute approximate surface area is 229 Å². The lowest BCUT2D eigenvalue weighted by Gasteiger charge is -2.35. The maximum Gasteiger partial charge on any atom is 0.0368 e. The molecule has 0 heterocycles. The molecule has 35 heavy (non-hydrogen) atoms. The SMILES string of the molecule is CCCCCCC=CNC(CCCCCCCC)(CCCCCCCC)CCCCCCCC.Cl. The summed E-state index contributed by atoms with van der Waals surface area (Å²) in [5.41, 5.74) is 0.347. The van der Waals surface area contributed by atoms with Crippen LogP contribution in [0.1, 0.15) is 195 Å². The second kappa shape index (κ2) is 30.1. The predicted octanol–water partition coefficient (Wildman–Crippen LogP) is 12.5. The Bertz CT molecular complexity index is 365. The molecule has 0 radical (unpaired) electrons. The van der Waals surface area contributed by atoms with Crippen molar-refractivity contribution < 1.29 is 0 Å². The van der Waals surface area contributed by atoms with Crippen molar-refractivity contribution in [3.63, 3.8) is 0 Å². The first-order valence-electron chi connectivity index (χ1n) is 16.2. The fourth-order valence-electron chi connectivity index (χ4n) is 5.33. The molecule has 0 unspecified atom stereocenters. The number of halogens is 1. The first-order chi connectivity index (χ1) is 16.7. The van der Waals surface area contributed by atoms with E-state index in [1.165, 1.54) is 167 Å². The van der Waals surface area contributed by atoms with Gasteiger partial charge in [0.05, 0.1) is 0 Å². The molecule has 1 nitrogen and oxygen atoms in total. The molecule has 0 aliphatic heterocycles. The summed E-state index contributed by atoms with van der Waals surface area (Å²) in [6.07, 6.45) is 41.1. The zero-order valence-corrected chi connectivity index (χ0v) is 25.8. The zero-order valence-electron chi connectivity index (χ0n) is 24.9. The average Bonchev–Trinajstić information content (AvgIpc) is 2.85. The Morgan fingerprint density at radius 2 is 0.743 bits per heavy atom. The molecule has 2 heteroatoms. The summed E-state index contributed by atoms with van der Waals surface area (Å²) in [4.78, 5) is 0. The third kappa shape index (κ3) is 25.3. The van der Waals surface area contributed by atoms with Crippen molar-refractivity contribution in [3.05, 3.63) is 12.3 Å². The van der Waals surface area contributed by atoms with Crippen LogP contribution in [-0.4, -0.2) is 5.54 Å². The lowest BCUT2D eigenvalue weighted by atomic mass is 9.81. The van der Waals surface area contributed by atoms with Gasteiger partial charge in [-0.05, 0) is 38.3 Å². The van der Waals surface area contributed by atoms with Gasteiger partial charge in [-0.15, -0.1) is 12.4 Å². The molecule has 0 rings (SSSR count). The van der Waals surface area contributed by atoms with E-state index in [2.05, 4.69) is 45.3 Å². The molecule has 0 saturated carbocycles. The third-order valence-electron chi connectivity index (χ3n) is 7.76. The van der Waals surface area contributed by atoms with Gasteiger partial charge >= 0.3 is 0 Å². The van der Waals surface area contributed by atoms with Crippen molar-refractivity contribution in [3.8, 4) is 0 Å². The Balaban J connectivity index is 0. The van der Waals surface area contributed by atoms with Crippen LogP contribution in [0.2, 0.25) is 0 Å². The van der Waals surface area contributed by atoms with Gasteiger partial charge in [-0.2, -0.15) is 0 Å². The molecule has 212 valence electrons. The van der Waals surface area contributed by atoms with E-state index in [1.54, 1.807) is 0 Å². The highest BCUT2D eigenvalue weighted by molar-refractivity contribution is 5.85. The van der Waals surface area contributed by atoms with Crippen LogP contribution in [-0.2, 0) is 0 Å². The van der Waals surface area contributed by atoms with E-state index < -0.39 is 0 Å². The number of hydrogen-bond acceptors (Lipinski definition) is 1. The first-order valence-corrected chi connectivity index (χ1v) is 16.2. The predicted molar refractivity (Wildman–Crippen MR) is 165 cm³/mol. The molecule has 0 aromatic rings. The van der Waals surface area contributed by atoms with Crippen molar-refractivity contribution in [2.45, 2.75) is 200 Å². The van der Waals surface area contributed by atoms with Gasteiger partial charge in [0.2, 0.25) is 0 Å². The highest BCUT2D eigenvalue weighted by Gasteiger charge is 2.27. The van der Waals surface area contributed by atoms with Gasteiger partial charge < -0.3 is 5.32 Å². The second-order valence-corrected chi connectivity index (χ2v) is 11.2. The topological polar surface area (TPSA) is 12.0 Å². The standard InChI is InChI=1S/C33H67N.ClH/c1-5-9-13-17-21-25-29-33(30-26-22-18-14-10-6-2,31-27-23-19-15-11-7-3)34-32-28-24-20-16-12-8-4;/h28,32,34H,5-27,29-31H2,1-4H3;1H. The molecular weight excluding hydrogens is 446 g/mol. The van der Waals surface area contributed by atoms with Gasteiger partial charge in [0.25, 0.3) is 0 Å². The van der Waals surface area contributed by atoms with Gasteiger partial charge in [0.1, 0.15) is 0 Å². The minimum Gasteiger partial charge on any atom is -0.386 e. The summed E-state index contributed by atoms with van der Waals surface area (Å²) < 4.78 is 0. The molecule has 0 amide bonds. The fourth-order valence-corrected chi connectivity index (χ4v) is 5.33. The van der Waals surface area contributed by atoms with E-state index >= 15 is 0 Å². The van der Waals surface area contributed by atoms with E-state index in [0.29, 0.717) is 5.54 Å². The van der Waals surface area contributed by atoms with Gasteiger partial charge in [0, 0.05) is 5.54 Å². The van der Waals surface area contributed by atoms with Gasteiger partial charge in [-0.25, -0.2) is 0 Å². The third-order valence-corrected chi connectivity index (χ3v) is 7.76. The van der Waals surface area contributed by atoms with Crippen molar-refractivity contribution in [2.24, 2.45) is 0 Å². The van der Waals surface area contributed by atoms with Gasteiger partial charge in [0.15, 0.2) is 0 Å². The quantitative estimate of drug-likeness (QED) is 0.102. The van der Waals surface area contributed by atoms with Crippen LogP contribution in [0.25, 0.3) is 0 Å². The first kappa shape index (κ1) is 37.0. The summed E-state index contributed by atoms with van der Waals surface area (Å²) in [6.45, 7) is 9.28. The monoisotopic (exact) mass is 514 g/mol. The van der Waals surface area contributed by atoms with Crippen LogP contribution in [0.5, 0.6) is 0 Å². The second-order valence-electron chi connectivity index (χ2n) is 11.2. The number of nitrogens with one attached hydrogen (secondary N) is 1. The number of hydrogen-bond donors (Lipinski definition) is 1. The summed E-state index contributed by atoms with van der Waals surface area (Å²) >= 11 is 0. The molecule has 0 fully saturated rings. The van der Waals surface area contributed by atoms with Crippen LogP contribution >= 0.6 is 12.4 Å². The highest BCUT2D eigenvalue weighted by atomic mass is 35.5. The lowest BCUT2D eigenvalue weighted by molar-refractivity contribution is 0.261. The van der Waals surface area contributed by atoms with E-state index in [-0.39, 0.29) is 12.4 Å². The molecule has 0 aromatic carbocycles. The zero-order chi connectivity index (χ0) is 25.0.